The van der Waals surface area contributed by atoms with Crippen LogP contribution >= 0.6 is 0 Å². The van der Waals surface area contributed by atoms with Crippen molar-refractivity contribution in [3.63, 3.8) is 0 Å². The van der Waals surface area contributed by atoms with Crippen LogP contribution in [0.25, 0.3) is 0 Å². The second-order valence-electron chi connectivity index (χ2n) is 3.96. The zero-order valence-electron chi connectivity index (χ0n) is 9.78. The summed E-state index contributed by atoms with van der Waals surface area (Å²) in [5.74, 6) is 0.0339. The summed E-state index contributed by atoms with van der Waals surface area (Å²) in [6, 6.07) is 6.95. The molecule has 0 saturated carbocycles. The maximum Gasteiger partial charge on any atom is 0.291 e. The van der Waals surface area contributed by atoms with Crippen LogP contribution in [-0.4, -0.2) is 5.91 Å². The molecule has 4 heteroatoms. The fourth-order valence-electron chi connectivity index (χ4n) is 1.78. The van der Waals surface area contributed by atoms with E-state index in [-0.39, 0.29) is 5.91 Å². The Balaban J connectivity index is 2.28. The first-order chi connectivity index (χ1) is 8.08. The summed E-state index contributed by atoms with van der Waals surface area (Å²) in [6.07, 6.45) is 1.47. The number of rotatable bonds is 2. The van der Waals surface area contributed by atoms with Gasteiger partial charge in [0.25, 0.3) is 5.91 Å². The van der Waals surface area contributed by atoms with Gasteiger partial charge in [0.2, 0.25) is 0 Å². The Labute approximate surface area is 99.4 Å². The van der Waals surface area contributed by atoms with Gasteiger partial charge in [0.1, 0.15) is 0 Å². The summed E-state index contributed by atoms with van der Waals surface area (Å²) < 4.78 is 5.03. The van der Waals surface area contributed by atoms with Gasteiger partial charge >= 0.3 is 0 Å². The number of nitrogens with two attached hydrogens (primary N) is 1. The van der Waals surface area contributed by atoms with Crippen molar-refractivity contribution in [2.24, 2.45) is 0 Å². The van der Waals surface area contributed by atoms with Gasteiger partial charge in [-0.2, -0.15) is 0 Å². The highest BCUT2D eigenvalue weighted by atomic mass is 16.3. The molecule has 0 aliphatic rings. The van der Waals surface area contributed by atoms with Gasteiger partial charge in [-0.15, -0.1) is 0 Å². The average Bonchev–Trinajstić information content (AvgIpc) is 2.76. The third kappa shape index (κ3) is 2.30. The van der Waals surface area contributed by atoms with Crippen LogP contribution in [0.2, 0.25) is 0 Å². The fourth-order valence-corrected chi connectivity index (χ4v) is 1.78. The Hall–Kier alpha value is -2.23. The molecule has 2 aromatic rings. The number of aryl methyl sites for hydroxylation is 2. The number of hydrogen-bond donors (Lipinski definition) is 2. The molecule has 1 heterocycles. The maximum atomic E-state index is 11.8. The minimum absolute atomic E-state index is 0.258. The quantitative estimate of drug-likeness (QED) is 0.779. The van der Waals surface area contributed by atoms with Gasteiger partial charge < -0.3 is 15.5 Å². The standard InChI is InChI=1S/C13H14N2O2/c1-8-6-10(14)7-9(2)12(8)15-13(16)11-4-3-5-17-11/h3-7H,14H2,1-2H3,(H,15,16). The van der Waals surface area contributed by atoms with E-state index in [1.165, 1.54) is 6.26 Å². The smallest absolute Gasteiger partial charge is 0.291 e. The summed E-state index contributed by atoms with van der Waals surface area (Å²) in [7, 11) is 0. The van der Waals surface area contributed by atoms with E-state index in [0.29, 0.717) is 11.4 Å². The van der Waals surface area contributed by atoms with Gasteiger partial charge in [-0.1, -0.05) is 0 Å². The molecule has 3 N–H and O–H groups in total. The molecule has 88 valence electrons. The molecule has 0 spiro atoms. The first-order valence-electron chi connectivity index (χ1n) is 5.29. The van der Waals surface area contributed by atoms with Crippen molar-refractivity contribution in [1.82, 2.24) is 0 Å². The zero-order chi connectivity index (χ0) is 12.4. The second kappa shape index (κ2) is 4.33. The molecule has 17 heavy (non-hydrogen) atoms. The minimum atomic E-state index is -0.258. The van der Waals surface area contributed by atoms with E-state index in [1.54, 1.807) is 12.1 Å². The molecule has 0 atom stereocenters. The highest BCUT2D eigenvalue weighted by Gasteiger charge is 2.12. The largest absolute Gasteiger partial charge is 0.459 e. The molecule has 0 aliphatic heterocycles. The first-order valence-corrected chi connectivity index (χ1v) is 5.29. The van der Waals surface area contributed by atoms with Crippen LogP contribution in [0.15, 0.2) is 34.9 Å². The summed E-state index contributed by atoms with van der Waals surface area (Å²) in [5.41, 5.74) is 9.06. The molecule has 0 bridgehead atoms. The van der Waals surface area contributed by atoms with Crippen molar-refractivity contribution in [1.29, 1.82) is 0 Å². The molecule has 1 aromatic heterocycles. The molecule has 0 radical (unpaired) electrons. The van der Waals surface area contributed by atoms with Crippen LogP contribution in [0, 0.1) is 13.8 Å². The highest BCUT2D eigenvalue weighted by molar-refractivity contribution is 6.03. The summed E-state index contributed by atoms with van der Waals surface area (Å²) in [6.45, 7) is 3.81. The molecule has 2 rings (SSSR count). The van der Waals surface area contributed by atoms with Crippen molar-refractivity contribution in [3.05, 3.63) is 47.4 Å². The highest BCUT2D eigenvalue weighted by Crippen LogP contribution is 2.23. The molecule has 0 unspecified atom stereocenters. The molecular formula is C13H14N2O2. The topological polar surface area (TPSA) is 68.3 Å². The predicted molar refractivity (Wildman–Crippen MR) is 67.0 cm³/mol. The minimum Gasteiger partial charge on any atom is -0.459 e. The van der Waals surface area contributed by atoms with Crippen LogP contribution in [-0.2, 0) is 0 Å². The van der Waals surface area contributed by atoms with E-state index < -0.39 is 0 Å². The van der Waals surface area contributed by atoms with E-state index in [9.17, 15) is 4.79 Å². The lowest BCUT2D eigenvalue weighted by molar-refractivity contribution is 0.0996. The fraction of sp³-hybridized carbons (Fsp3) is 0.154. The molecule has 1 aromatic carbocycles. The van der Waals surface area contributed by atoms with Gasteiger partial charge in [-0.05, 0) is 49.2 Å². The Morgan fingerprint density at radius 2 is 1.94 bits per heavy atom. The molecule has 0 saturated heterocycles. The number of nitrogen functional groups attached to an aromatic ring is 1. The third-order valence-corrected chi connectivity index (χ3v) is 2.54. The van der Waals surface area contributed by atoms with Crippen LogP contribution in [0.3, 0.4) is 0 Å². The average molecular weight is 230 g/mol. The van der Waals surface area contributed by atoms with E-state index in [1.807, 2.05) is 26.0 Å². The van der Waals surface area contributed by atoms with Gasteiger partial charge in [-0.25, -0.2) is 0 Å². The second-order valence-corrected chi connectivity index (χ2v) is 3.96. The number of carbonyl (C=O) groups is 1. The maximum absolute atomic E-state index is 11.8. The lowest BCUT2D eigenvalue weighted by Crippen LogP contribution is -2.13. The Morgan fingerprint density at radius 3 is 2.47 bits per heavy atom. The number of benzene rings is 1. The monoisotopic (exact) mass is 230 g/mol. The van der Waals surface area contributed by atoms with Gasteiger partial charge in [0.15, 0.2) is 5.76 Å². The summed E-state index contributed by atoms with van der Waals surface area (Å²) >= 11 is 0. The van der Waals surface area contributed by atoms with Crippen LogP contribution in [0.4, 0.5) is 11.4 Å². The van der Waals surface area contributed by atoms with Crippen molar-refractivity contribution in [3.8, 4) is 0 Å². The third-order valence-electron chi connectivity index (χ3n) is 2.54. The lowest BCUT2D eigenvalue weighted by atomic mass is 10.1. The van der Waals surface area contributed by atoms with E-state index >= 15 is 0 Å². The number of amides is 1. The molecule has 4 nitrogen and oxygen atoms in total. The zero-order valence-corrected chi connectivity index (χ0v) is 9.78. The van der Waals surface area contributed by atoms with Gasteiger partial charge in [0.05, 0.1) is 6.26 Å². The number of carbonyl (C=O) groups excluding carboxylic acids is 1. The van der Waals surface area contributed by atoms with E-state index in [2.05, 4.69) is 5.32 Å². The molecule has 1 amide bonds. The first kappa shape index (κ1) is 11.3. The normalized spacial score (nSPS) is 10.2. The van der Waals surface area contributed by atoms with Crippen LogP contribution in [0.1, 0.15) is 21.7 Å². The SMILES string of the molecule is Cc1cc(N)cc(C)c1NC(=O)c1ccco1. The van der Waals surface area contributed by atoms with Crippen molar-refractivity contribution in [2.75, 3.05) is 11.1 Å². The molecule has 0 aliphatic carbocycles. The Bertz CT molecular complexity index is 522. The molecular weight excluding hydrogens is 216 g/mol. The van der Waals surface area contributed by atoms with E-state index in [0.717, 1.165) is 16.8 Å². The van der Waals surface area contributed by atoms with Gasteiger partial charge in [0, 0.05) is 11.4 Å². The van der Waals surface area contributed by atoms with Gasteiger partial charge in [-0.3, -0.25) is 4.79 Å². The van der Waals surface area contributed by atoms with Crippen molar-refractivity contribution in [2.45, 2.75) is 13.8 Å². The lowest BCUT2D eigenvalue weighted by Gasteiger charge is -2.11. The summed E-state index contributed by atoms with van der Waals surface area (Å²) in [5, 5.41) is 2.82. The molecule has 0 fully saturated rings. The number of furan rings is 1. The summed E-state index contributed by atoms with van der Waals surface area (Å²) in [4.78, 5) is 11.8. The Kier molecular flexibility index (Phi) is 2.87. The van der Waals surface area contributed by atoms with Crippen LogP contribution < -0.4 is 11.1 Å². The van der Waals surface area contributed by atoms with Crippen molar-refractivity contribution >= 4 is 17.3 Å². The van der Waals surface area contributed by atoms with E-state index in [4.69, 9.17) is 10.2 Å². The van der Waals surface area contributed by atoms with Crippen molar-refractivity contribution < 1.29 is 9.21 Å². The Morgan fingerprint density at radius 1 is 1.29 bits per heavy atom. The van der Waals surface area contributed by atoms with Crippen LogP contribution in [0.5, 0.6) is 0 Å². The number of hydrogen-bond acceptors (Lipinski definition) is 3. The predicted octanol–water partition coefficient (Wildman–Crippen LogP) is 2.73. The number of anilines is 2. The number of nitrogens with one attached hydrogen (secondary N) is 1.